The highest BCUT2D eigenvalue weighted by atomic mass is 32.1. The topological polar surface area (TPSA) is 99.2 Å². The number of hydrogen-bond donors (Lipinski definition) is 2. The zero-order valence-electron chi connectivity index (χ0n) is 19.8. The zero-order chi connectivity index (χ0) is 24.6. The van der Waals surface area contributed by atoms with Crippen LogP contribution in [0.1, 0.15) is 55.3 Å². The Balaban J connectivity index is 1.37. The molecule has 2 aliphatic rings. The number of aliphatic hydroxyl groups is 1. The van der Waals surface area contributed by atoms with E-state index < -0.39 is 0 Å². The SMILES string of the molecule is O=C1c2sc3c(c2CCN1c1cccc(-c2c[nH]c(=O)c(Cc4ccncn4)c2)c1CO)CCCC3. The summed E-state index contributed by atoms with van der Waals surface area (Å²) in [5, 5.41) is 10.4. The molecule has 0 radical (unpaired) electrons. The Labute approximate surface area is 212 Å². The Morgan fingerprint density at radius 3 is 2.81 bits per heavy atom. The van der Waals surface area contributed by atoms with Gasteiger partial charge in [-0.15, -0.1) is 11.3 Å². The van der Waals surface area contributed by atoms with Gasteiger partial charge in [-0.05, 0) is 72.6 Å². The van der Waals surface area contributed by atoms with Gasteiger partial charge < -0.3 is 15.0 Å². The standard InChI is InChI=1S/C28H26N4O3S/c33-15-23-20(18-12-17(27(34)30-14-18)13-19-8-10-29-16-31-19)5-3-6-24(23)32-11-9-22-21-4-1-2-7-25(21)36-26(22)28(32)35/h3,5-6,8,10,12,14,16,33H,1-2,4,7,9,11,13,15H2,(H,30,34). The minimum absolute atomic E-state index is 0.0217. The molecule has 0 bridgehead atoms. The summed E-state index contributed by atoms with van der Waals surface area (Å²) >= 11 is 1.66. The number of aryl methyl sites for hydroxylation is 1. The van der Waals surface area contributed by atoms with Gasteiger partial charge in [-0.3, -0.25) is 9.59 Å². The Morgan fingerprint density at radius 1 is 1.08 bits per heavy atom. The predicted octanol–water partition coefficient (Wildman–Crippen LogP) is 4.06. The van der Waals surface area contributed by atoms with E-state index in [1.54, 1.807) is 29.8 Å². The van der Waals surface area contributed by atoms with E-state index in [2.05, 4.69) is 15.0 Å². The number of aliphatic hydroxyl groups excluding tert-OH is 1. The first kappa shape index (κ1) is 22.8. The molecule has 0 saturated heterocycles. The highest BCUT2D eigenvalue weighted by Gasteiger charge is 2.33. The van der Waals surface area contributed by atoms with E-state index in [4.69, 9.17) is 0 Å². The maximum atomic E-state index is 13.6. The Morgan fingerprint density at radius 2 is 1.97 bits per heavy atom. The van der Waals surface area contributed by atoms with Gasteiger partial charge in [0.25, 0.3) is 11.5 Å². The second kappa shape index (κ2) is 9.44. The van der Waals surface area contributed by atoms with E-state index in [0.29, 0.717) is 24.1 Å². The number of anilines is 1. The van der Waals surface area contributed by atoms with Gasteiger partial charge in [0.1, 0.15) is 6.33 Å². The summed E-state index contributed by atoms with van der Waals surface area (Å²) in [6, 6.07) is 9.34. The molecule has 0 unspecified atom stereocenters. The molecule has 4 aromatic rings. The maximum absolute atomic E-state index is 13.6. The number of nitrogens with zero attached hydrogens (tertiary/aromatic N) is 3. The maximum Gasteiger partial charge on any atom is 0.268 e. The van der Waals surface area contributed by atoms with Crippen LogP contribution in [0.15, 0.2) is 53.8 Å². The van der Waals surface area contributed by atoms with Gasteiger partial charge in [0.2, 0.25) is 0 Å². The number of rotatable bonds is 5. The molecule has 3 aromatic heterocycles. The van der Waals surface area contributed by atoms with Crippen molar-refractivity contribution in [2.24, 2.45) is 0 Å². The molecule has 182 valence electrons. The van der Waals surface area contributed by atoms with Crippen molar-refractivity contribution in [1.82, 2.24) is 15.0 Å². The molecule has 0 saturated carbocycles. The molecule has 0 atom stereocenters. The van der Waals surface area contributed by atoms with E-state index in [1.807, 2.05) is 29.2 Å². The number of hydrogen-bond acceptors (Lipinski definition) is 6. The minimum Gasteiger partial charge on any atom is -0.392 e. The molecule has 4 heterocycles. The summed E-state index contributed by atoms with van der Waals surface area (Å²) in [6.45, 7) is 0.375. The number of benzene rings is 1. The van der Waals surface area contributed by atoms with E-state index in [1.165, 1.54) is 35.2 Å². The fourth-order valence-corrected chi connectivity index (χ4v) is 6.83. The van der Waals surface area contributed by atoms with Crippen LogP contribution in [-0.2, 0) is 32.3 Å². The highest BCUT2D eigenvalue weighted by molar-refractivity contribution is 7.14. The van der Waals surface area contributed by atoms with Crippen LogP contribution in [-0.4, -0.2) is 32.5 Å². The van der Waals surface area contributed by atoms with E-state index >= 15 is 0 Å². The van der Waals surface area contributed by atoms with Crippen LogP contribution in [0, 0.1) is 0 Å². The Kier molecular flexibility index (Phi) is 5.99. The Hall–Kier alpha value is -3.62. The molecular formula is C28H26N4O3S. The van der Waals surface area contributed by atoms with Gasteiger partial charge in [-0.2, -0.15) is 0 Å². The fourth-order valence-electron chi connectivity index (χ4n) is 5.45. The highest BCUT2D eigenvalue weighted by Crippen LogP contribution is 2.40. The number of fused-ring (bicyclic) bond motifs is 3. The number of amides is 1. The van der Waals surface area contributed by atoms with Crippen LogP contribution >= 0.6 is 11.3 Å². The van der Waals surface area contributed by atoms with Crippen molar-refractivity contribution in [2.45, 2.75) is 45.1 Å². The van der Waals surface area contributed by atoms with Crippen molar-refractivity contribution in [3.05, 3.63) is 97.1 Å². The summed E-state index contributed by atoms with van der Waals surface area (Å²) in [5.74, 6) is 0.0217. The smallest absolute Gasteiger partial charge is 0.268 e. The van der Waals surface area contributed by atoms with Gasteiger partial charge in [0, 0.05) is 47.1 Å². The second-order valence-corrected chi connectivity index (χ2v) is 10.4. The molecule has 1 amide bonds. The number of nitrogens with one attached hydrogen (secondary N) is 1. The first-order chi connectivity index (χ1) is 17.6. The van der Waals surface area contributed by atoms with Crippen molar-refractivity contribution in [3.63, 3.8) is 0 Å². The quantitative estimate of drug-likeness (QED) is 0.432. The van der Waals surface area contributed by atoms with Crippen molar-refractivity contribution in [2.75, 3.05) is 11.4 Å². The molecule has 1 aliphatic heterocycles. The zero-order valence-corrected chi connectivity index (χ0v) is 20.6. The first-order valence-electron chi connectivity index (χ1n) is 12.3. The van der Waals surface area contributed by atoms with Crippen molar-refractivity contribution in [1.29, 1.82) is 0 Å². The lowest BCUT2D eigenvalue weighted by molar-refractivity contribution is 0.0984. The number of H-pyrrole nitrogens is 1. The second-order valence-electron chi connectivity index (χ2n) is 9.31. The minimum atomic E-state index is -0.219. The number of pyridine rings is 1. The van der Waals surface area contributed by atoms with Crippen LogP contribution < -0.4 is 10.5 Å². The molecule has 1 aliphatic carbocycles. The third-order valence-electron chi connectivity index (χ3n) is 7.21. The van der Waals surface area contributed by atoms with Crippen LogP contribution in [0.5, 0.6) is 0 Å². The molecule has 6 rings (SSSR count). The number of carbonyl (C=O) groups is 1. The summed E-state index contributed by atoms with van der Waals surface area (Å²) in [5.41, 5.74) is 6.76. The molecule has 1 aromatic carbocycles. The summed E-state index contributed by atoms with van der Waals surface area (Å²) < 4.78 is 0. The first-order valence-corrected chi connectivity index (χ1v) is 13.1. The summed E-state index contributed by atoms with van der Waals surface area (Å²) in [4.78, 5) is 41.2. The lowest BCUT2D eigenvalue weighted by atomic mass is 9.91. The van der Waals surface area contributed by atoms with Gasteiger partial charge in [0.15, 0.2) is 0 Å². The van der Waals surface area contributed by atoms with E-state index in [0.717, 1.165) is 46.6 Å². The third-order valence-corrected chi connectivity index (χ3v) is 8.53. The monoisotopic (exact) mass is 498 g/mol. The van der Waals surface area contributed by atoms with Crippen LogP contribution in [0.3, 0.4) is 0 Å². The van der Waals surface area contributed by atoms with Crippen molar-refractivity contribution in [3.8, 4) is 11.1 Å². The molecule has 7 nitrogen and oxygen atoms in total. The van der Waals surface area contributed by atoms with Crippen molar-refractivity contribution >= 4 is 22.9 Å². The molecule has 8 heteroatoms. The van der Waals surface area contributed by atoms with Gasteiger partial charge in [-0.25, -0.2) is 9.97 Å². The van der Waals surface area contributed by atoms with Crippen LogP contribution in [0.2, 0.25) is 0 Å². The van der Waals surface area contributed by atoms with Crippen LogP contribution in [0.25, 0.3) is 11.1 Å². The average Bonchev–Trinajstić information content (AvgIpc) is 3.30. The molecule has 36 heavy (non-hydrogen) atoms. The molecule has 2 N–H and O–H groups in total. The number of thiophene rings is 1. The van der Waals surface area contributed by atoms with Gasteiger partial charge >= 0.3 is 0 Å². The summed E-state index contributed by atoms with van der Waals surface area (Å²) in [7, 11) is 0. The fraction of sp³-hybridized carbons (Fsp3) is 0.286. The molecule has 0 spiro atoms. The third kappa shape index (κ3) is 3.96. The lowest BCUT2D eigenvalue weighted by Gasteiger charge is -2.30. The molecular weight excluding hydrogens is 472 g/mol. The Bertz CT molecular complexity index is 1510. The number of carbonyl (C=O) groups excluding carboxylic acids is 1. The number of aromatic amines is 1. The van der Waals surface area contributed by atoms with E-state index in [9.17, 15) is 14.7 Å². The largest absolute Gasteiger partial charge is 0.392 e. The lowest BCUT2D eigenvalue weighted by Crippen LogP contribution is -2.37. The van der Waals surface area contributed by atoms with Crippen LogP contribution in [0.4, 0.5) is 5.69 Å². The number of aromatic nitrogens is 3. The van der Waals surface area contributed by atoms with Gasteiger partial charge in [0.05, 0.1) is 17.2 Å². The summed E-state index contributed by atoms with van der Waals surface area (Å²) in [6.07, 6.45) is 10.5. The van der Waals surface area contributed by atoms with E-state index in [-0.39, 0.29) is 18.1 Å². The van der Waals surface area contributed by atoms with Gasteiger partial charge in [-0.1, -0.05) is 12.1 Å². The van der Waals surface area contributed by atoms with Crippen molar-refractivity contribution < 1.29 is 9.90 Å². The normalized spacial score (nSPS) is 15.0. The molecule has 0 fully saturated rings. The average molecular weight is 499 g/mol. The predicted molar refractivity (Wildman–Crippen MR) is 140 cm³/mol.